The van der Waals surface area contributed by atoms with E-state index in [1.165, 1.54) is 5.56 Å². The highest BCUT2D eigenvalue weighted by Gasteiger charge is 2.28. The monoisotopic (exact) mass is 366 g/mol. The normalized spacial score (nSPS) is 17.9. The Labute approximate surface area is 162 Å². The van der Waals surface area contributed by atoms with Crippen LogP contribution in [0, 0.1) is 5.92 Å². The van der Waals surface area contributed by atoms with E-state index in [2.05, 4.69) is 60.2 Å². The average Bonchev–Trinajstić information content (AvgIpc) is 2.68. The summed E-state index contributed by atoms with van der Waals surface area (Å²) >= 11 is 0. The Kier molecular flexibility index (Phi) is 6.45. The fourth-order valence-corrected chi connectivity index (χ4v) is 3.42. The molecule has 1 aromatic carbocycles. The number of carbonyl (C=O) groups excluding carboxylic acids is 1. The van der Waals surface area contributed by atoms with E-state index in [1.807, 2.05) is 23.1 Å². The molecular formula is C22H30N4O. The summed E-state index contributed by atoms with van der Waals surface area (Å²) in [6, 6.07) is 14.6. The standard InChI is InChI=1S/C22H30N4O/c1-17(2)14-24-21-20(10-7-11-23-21)22(27)26-13-12-25(18(3)15-26)16-19-8-5-4-6-9-19/h4-11,17-18H,12-16H2,1-3H3,(H,23,24)/t18-/m1/s1. The SMILES string of the molecule is CC(C)CNc1ncccc1C(=O)N1CCN(Cc2ccccc2)[C@H](C)C1. The maximum atomic E-state index is 13.1. The summed E-state index contributed by atoms with van der Waals surface area (Å²) in [5.41, 5.74) is 1.98. The fraction of sp³-hybridized carbons (Fsp3) is 0.455. The molecule has 5 nitrogen and oxygen atoms in total. The molecule has 27 heavy (non-hydrogen) atoms. The van der Waals surface area contributed by atoms with Crippen LogP contribution in [-0.4, -0.2) is 52.9 Å². The molecule has 0 bridgehead atoms. The molecule has 0 aliphatic carbocycles. The van der Waals surface area contributed by atoms with Crippen molar-refractivity contribution in [2.45, 2.75) is 33.4 Å². The highest BCUT2D eigenvalue weighted by Crippen LogP contribution is 2.19. The van der Waals surface area contributed by atoms with E-state index in [4.69, 9.17) is 0 Å². The lowest BCUT2D eigenvalue weighted by Crippen LogP contribution is -2.53. The van der Waals surface area contributed by atoms with Gasteiger partial charge in [-0.05, 0) is 30.5 Å². The van der Waals surface area contributed by atoms with E-state index in [1.54, 1.807) is 6.20 Å². The predicted octanol–water partition coefficient (Wildman–Crippen LogP) is 3.50. The quantitative estimate of drug-likeness (QED) is 0.850. The van der Waals surface area contributed by atoms with Gasteiger partial charge in [0.2, 0.25) is 0 Å². The molecule has 0 saturated carbocycles. The molecule has 5 heteroatoms. The van der Waals surface area contributed by atoms with Crippen molar-refractivity contribution in [3.63, 3.8) is 0 Å². The van der Waals surface area contributed by atoms with Gasteiger partial charge in [0.25, 0.3) is 5.91 Å². The molecule has 0 spiro atoms. The second-order valence-corrected chi connectivity index (χ2v) is 7.73. The molecular weight excluding hydrogens is 336 g/mol. The largest absolute Gasteiger partial charge is 0.369 e. The van der Waals surface area contributed by atoms with Crippen LogP contribution in [-0.2, 0) is 6.54 Å². The van der Waals surface area contributed by atoms with E-state index in [9.17, 15) is 4.79 Å². The van der Waals surface area contributed by atoms with Crippen LogP contribution < -0.4 is 5.32 Å². The number of piperazine rings is 1. The molecule has 1 aliphatic heterocycles. The zero-order valence-corrected chi connectivity index (χ0v) is 16.6. The minimum Gasteiger partial charge on any atom is -0.369 e. The Morgan fingerprint density at radius 2 is 1.96 bits per heavy atom. The van der Waals surface area contributed by atoms with Gasteiger partial charge in [-0.2, -0.15) is 0 Å². The van der Waals surface area contributed by atoms with Gasteiger partial charge in [0.1, 0.15) is 5.82 Å². The molecule has 2 aromatic rings. The number of carbonyl (C=O) groups is 1. The van der Waals surface area contributed by atoms with Gasteiger partial charge in [0, 0.05) is 45.0 Å². The van der Waals surface area contributed by atoms with Gasteiger partial charge in [-0.25, -0.2) is 4.98 Å². The number of amides is 1. The van der Waals surface area contributed by atoms with Crippen LogP contribution in [0.15, 0.2) is 48.7 Å². The van der Waals surface area contributed by atoms with E-state index in [0.29, 0.717) is 23.3 Å². The van der Waals surface area contributed by atoms with Crippen LogP contribution in [0.4, 0.5) is 5.82 Å². The number of hydrogen-bond donors (Lipinski definition) is 1. The molecule has 1 aromatic heterocycles. The summed E-state index contributed by atoms with van der Waals surface area (Å²) in [6.45, 7) is 10.6. The molecule has 1 fully saturated rings. The number of hydrogen-bond acceptors (Lipinski definition) is 4. The number of rotatable bonds is 6. The van der Waals surface area contributed by atoms with Gasteiger partial charge in [-0.1, -0.05) is 44.2 Å². The molecule has 1 aliphatic rings. The van der Waals surface area contributed by atoms with E-state index in [0.717, 1.165) is 32.7 Å². The first-order valence-corrected chi connectivity index (χ1v) is 9.80. The van der Waals surface area contributed by atoms with E-state index < -0.39 is 0 Å². The third-order valence-corrected chi connectivity index (χ3v) is 5.00. The summed E-state index contributed by atoms with van der Waals surface area (Å²) in [5.74, 6) is 1.26. The van der Waals surface area contributed by atoms with Crippen LogP contribution in [0.3, 0.4) is 0 Å². The van der Waals surface area contributed by atoms with Gasteiger partial charge in [0.05, 0.1) is 5.56 Å². The Balaban J connectivity index is 1.64. The van der Waals surface area contributed by atoms with Crippen molar-refractivity contribution in [1.82, 2.24) is 14.8 Å². The number of nitrogens with one attached hydrogen (secondary N) is 1. The third-order valence-electron chi connectivity index (χ3n) is 5.00. The summed E-state index contributed by atoms with van der Waals surface area (Å²) in [7, 11) is 0. The first-order valence-electron chi connectivity index (χ1n) is 9.80. The van der Waals surface area contributed by atoms with E-state index in [-0.39, 0.29) is 5.91 Å². The van der Waals surface area contributed by atoms with Crippen LogP contribution in [0.5, 0.6) is 0 Å². The smallest absolute Gasteiger partial charge is 0.257 e. The number of pyridine rings is 1. The van der Waals surface area contributed by atoms with Crippen molar-refractivity contribution in [3.05, 3.63) is 59.8 Å². The summed E-state index contributed by atoms with van der Waals surface area (Å²) in [4.78, 5) is 21.9. The molecule has 0 radical (unpaired) electrons. The van der Waals surface area contributed by atoms with Crippen molar-refractivity contribution in [1.29, 1.82) is 0 Å². The number of aromatic nitrogens is 1. The maximum Gasteiger partial charge on any atom is 0.257 e. The molecule has 0 unspecified atom stereocenters. The molecule has 2 heterocycles. The highest BCUT2D eigenvalue weighted by atomic mass is 16.2. The van der Waals surface area contributed by atoms with Crippen molar-refractivity contribution < 1.29 is 4.79 Å². The first kappa shape index (κ1) is 19.4. The second kappa shape index (κ2) is 9.00. The molecule has 144 valence electrons. The van der Waals surface area contributed by atoms with Crippen molar-refractivity contribution in [2.75, 3.05) is 31.5 Å². The lowest BCUT2D eigenvalue weighted by Gasteiger charge is -2.40. The lowest BCUT2D eigenvalue weighted by atomic mass is 10.1. The van der Waals surface area contributed by atoms with Gasteiger partial charge < -0.3 is 10.2 Å². The van der Waals surface area contributed by atoms with Gasteiger partial charge in [-0.3, -0.25) is 9.69 Å². The zero-order valence-electron chi connectivity index (χ0n) is 16.6. The van der Waals surface area contributed by atoms with Crippen LogP contribution >= 0.6 is 0 Å². The zero-order chi connectivity index (χ0) is 19.2. The Hall–Kier alpha value is -2.40. The lowest BCUT2D eigenvalue weighted by molar-refractivity contribution is 0.0496. The Bertz CT molecular complexity index is 747. The molecule has 3 rings (SSSR count). The Morgan fingerprint density at radius 1 is 1.19 bits per heavy atom. The fourth-order valence-electron chi connectivity index (χ4n) is 3.42. The summed E-state index contributed by atoms with van der Waals surface area (Å²) in [5, 5.41) is 3.32. The van der Waals surface area contributed by atoms with Crippen LogP contribution in [0.2, 0.25) is 0 Å². The topological polar surface area (TPSA) is 48.5 Å². The Morgan fingerprint density at radius 3 is 2.67 bits per heavy atom. The second-order valence-electron chi connectivity index (χ2n) is 7.73. The molecule has 1 amide bonds. The van der Waals surface area contributed by atoms with Crippen LogP contribution in [0.1, 0.15) is 36.7 Å². The van der Waals surface area contributed by atoms with Gasteiger partial charge in [-0.15, -0.1) is 0 Å². The van der Waals surface area contributed by atoms with Gasteiger partial charge >= 0.3 is 0 Å². The van der Waals surface area contributed by atoms with Crippen LogP contribution in [0.25, 0.3) is 0 Å². The predicted molar refractivity (Wildman–Crippen MR) is 110 cm³/mol. The average molecular weight is 367 g/mol. The minimum atomic E-state index is 0.0700. The number of anilines is 1. The number of nitrogens with zero attached hydrogens (tertiary/aromatic N) is 3. The summed E-state index contributed by atoms with van der Waals surface area (Å²) < 4.78 is 0. The van der Waals surface area contributed by atoms with Crippen molar-refractivity contribution >= 4 is 11.7 Å². The van der Waals surface area contributed by atoms with Gasteiger partial charge in [0.15, 0.2) is 0 Å². The molecule has 1 atom stereocenters. The van der Waals surface area contributed by atoms with Crippen molar-refractivity contribution in [2.24, 2.45) is 5.92 Å². The summed E-state index contributed by atoms with van der Waals surface area (Å²) in [6.07, 6.45) is 1.74. The first-order chi connectivity index (χ1) is 13.0. The van der Waals surface area contributed by atoms with Crippen molar-refractivity contribution in [3.8, 4) is 0 Å². The molecule has 1 N–H and O–H groups in total. The maximum absolute atomic E-state index is 13.1. The molecule has 1 saturated heterocycles. The highest BCUT2D eigenvalue weighted by molar-refractivity contribution is 5.98. The van der Waals surface area contributed by atoms with E-state index >= 15 is 0 Å². The minimum absolute atomic E-state index is 0.0700. The third kappa shape index (κ3) is 5.07. The number of benzene rings is 1.